The topological polar surface area (TPSA) is 174 Å². The molecule has 1 aromatic rings. The first-order valence-corrected chi connectivity index (χ1v) is 18.8. The summed E-state index contributed by atoms with van der Waals surface area (Å²) >= 11 is 0. The highest BCUT2D eigenvalue weighted by molar-refractivity contribution is 6.40. The van der Waals surface area contributed by atoms with E-state index in [1.165, 1.54) is 4.90 Å². The fourth-order valence-corrected chi connectivity index (χ4v) is 3.90. The number of nitrogens with zero attached hydrogens (tertiary/aromatic N) is 1. The van der Waals surface area contributed by atoms with E-state index in [1.807, 2.05) is 20.8 Å². The van der Waals surface area contributed by atoms with E-state index in [4.69, 9.17) is 61.6 Å². The molecule has 0 fully saturated rings. The molecule has 0 saturated heterocycles. The fourth-order valence-electron chi connectivity index (χ4n) is 3.90. The molecule has 0 aliphatic carbocycles. The van der Waals surface area contributed by atoms with Crippen molar-refractivity contribution >= 4 is 17.8 Å². The molecular weight excluding hydrogens is 726 g/mol. The molecule has 0 aliphatic heterocycles. The number of amides is 1. The zero-order valence-electron chi connectivity index (χ0n) is 33.3. The minimum absolute atomic E-state index is 0.00842. The molecule has 318 valence electrons. The minimum Gasteiger partial charge on any atom is -0.457 e. The van der Waals surface area contributed by atoms with Crippen LogP contribution in [0.4, 0.5) is 4.79 Å². The number of benzene rings is 1. The lowest BCUT2D eigenvalue weighted by atomic mass is 10.1. The number of hydrogen-bond donors (Lipinski definition) is 0. The van der Waals surface area contributed by atoms with E-state index >= 15 is 0 Å². The van der Waals surface area contributed by atoms with Gasteiger partial charge in [0.15, 0.2) is 0 Å². The standard InChI is InChI=1S/C38H65NO16/c1-38(2,3)55-37(42)39(4)10-11-43-12-13-44-14-15-45-16-17-46-18-19-47-20-21-48-22-23-49-24-25-50-26-27-51-28-29-52-30-31-53-32-33-54-36(41)35(40)34-8-6-5-7-9-34/h5-9H,10-33H2,1-4H3. The van der Waals surface area contributed by atoms with E-state index in [0.717, 1.165) is 0 Å². The van der Waals surface area contributed by atoms with Crippen LogP contribution in [0, 0.1) is 0 Å². The van der Waals surface area contributed by atoms with Gasteiger partial charge < -0.3 is 66.5 Å². The van der Waals surface area contributed by atoms with Crippen LogP contribution >= 0.6 is 0 Å². The highest BCUT2D eigenvalue weighted by Crippen LogP contribution is 2.08. The van der Waals surface area contributed by atoms with Crippen molar-refractivity contribution < 1.29 is 76.0 Å². The van der Waals surface area contributed by atoms with E-state index in [2.05, 4.69) is 0 Å². The molecule has 17 nitrogen and oxygen atoms in total. The highest BCUT2D eigenvalue weighted by atomic mass is 16.6. The summed E-state index contributed by atoms with van der Waals surface area (Å²) in [5.74, 6) is -1.58. The number of esters is 1. The van der Waals surface area contributed by atoms with E-state index in [1.54, 1.807) is 37.4 Å². The van der Waals surface area contributed by atoms with Crippen molar-refractivity contribution in [1.82, 2.24) is 4.90 Å². The summed E-state index contributed by atoms with van der Waals surface area (Å²) < 4.78 is 70.2. The van der Waals surface area contributed by atoms with E-state index in [0.29, 0.717) is 151 Å². The molecule has 0 spiro atoms. The van der Waals surface area contributed by atoms with Crippen LogP contribution in [0.5, 0.6) is 0 Å². The SMILES string of the molecule is CN(CCOCCOCCOCCOCCOCCOCCOCCOCCOCCOCCOCCOC(=O)C(=O)c1ccccc1)C(=O)OC(C)(C)C. The zero-order chi connectivity index (χ0) is 40.1. The van der Waals surface area contributed by atoms with E-state index in [9.17, 15) is 14.4 Å². The predicted octanol–water partition coefficient (Wildman–Crippen LogP) is 2.46. The van der Waals surface area contributed by atoms with Gasteiger partial charge in [-0.3, -0.25) is 4.79 Å². The molecule has 0 atom stereocenters. The number of Topliss-reactive ketones (excluding diaryl/α,β-unsaturated/α-hetero) is 1. The van der Waals surface area contributed by atoms with Crippen LogP contribution < -0.4 is 0 Å². The predicted molar refractivity (Wildman–Crippen MR) is 200 cm³/mol. The van der Waals surface area contributed by atoms with Crippen molar-refractivity contribution in [3.8, 4) is 0 Å². The molecule has 0 radical (unpaired) electrons. The maximum atomic E-state index is 11.9. The molecule has 55 heavy (non-hydrogen) atoms. The number of likely N-dealkylation sites (N-methyl/N-ethyl adjacent to an activating group) is 1. The average molecular weight is 792 g/mol. The van der Waals surface area contributed by atoms with Crippen LogP contribution in [0.3, 0.4) is 0 Å². The Labute approximate surface area is 326 Å². The Balaban J connectivity index is 1.67. The third-order valence-corrected chi connectivity index (χ3v) is 6.68. The van der Waals surface area contributed by atoms with E-state index in [-0.39, 0.29) is 19.3 Å². The molecule has 0 unspecified atom stereocenters. The molecule has 1 rings (SSSR count). The molecule has 1 amide bonds. The van der Waals surface area contributed by atoms with Gasteiger partial charge in [0.1, 0.15) is 12.2 Å². The minimum atomic E-state index is -0.902. The van der Waals surface area contributed by atoms with Gasteiger partial charge in [0.05, 0.1) is 145 Å². The first-order valence-electron chi connectivity index (χ1n) is 18.8. The number of rotatable bonds is 38. The van der Waals surface area contributed by atoms with Crippen LogP contribution in [0.1, 0.15) is 31.1 Å². The molecule has 0 aromatic heterocycles. The van der Waals surface area contributed by atoms with Gasteiger partial charge in [0.25, 0.3) is 5.78 Å². The van der Waals surface area contributed by atoms with Gasteiger partial charge in [-0.05, 0) is 20.8 Å². The normalized spacial score (nSPS) is 11.5. The summed E-state index contributed by atoms with van der Waals surface area (Å²) in [7, 11) is 1.68. The van der Waals surface area contributed by atoms with Crippen molar-refractivity contribution in [3.63, 3.8) is 0 Å². The zero-order valence-corrected chi connectivity index (χ0v) is 33.3. The Morgan fingerprint density at radius 3 is 1.05 bits per heavy atom. The first-order chi connectivity index (χ1) is 26.7. The van der Waals surface area contributed by atoms with Crippen molar-refractivity contribution in [2.75, 3.05) is 166 Å². The first kappa shape index (κ1) is 50.2. The number of hydrogen-bond acceptors (Lipinski definition) is 16. The molecule has 0 N–H and O–H groups in total. The van der Waals surface area contributed by atoms with Gasteiger partial charge in [-0.15, -0.1) is 0 Å². The van der Waals surface area contributed by atoms with Crippen LogP contribution in [-0.4, -0.2) is 194 Å². The summed E-state index contributed by atoms with van der Waals surface area (Å²) in [5, 5.41) is 0. The Bertz CT molecular complexity index is 1060. The van der Waals surface area contributed by atoms with Crippen LogP contribution in [0.25, 0.3) is 0 Å². The molecule has 0 heterocycles. The molecule has 0 saturated carbocycles. The van der Waals surface area contributed by atoms with Gasteiger partial charge >= 0.3 is 12.1 Å². The third kappa shape index (κ3) is 33.1. The number of carbonyl (C=O) groups excluding carboxylic acids is 3. The summed E-state index contributed by atoms with van der Waals surface area (Å²) in [5.41, 5.74) is -0.227. The Kier molecular flexibility index (Phi) is 32.5. The maximum absolute atomic E-state index is 11.9. The van der Waals surface area contributed by atoms with Crippen molar-refractivity contribution in [2.45, 2.75) is 26.4 Å². The lowest BCUT2D eigenvalue weighted by molar-refractivity contribution is -0.139. The van der Waals surface area contributed by atoms with Crippen LogP contribution in [-0.2, 0) is 66.4 Å². The fraction of sp³-hybridized carbons (Fsp3) is 0.763. The Morgan fingerprint density at radius 1 is 0.455 bits per heavy atom. The number of carbonyl (C=O) groups is 3. The van der Waals surface area contributed by atoms with Crippen LogP contribution in [0.2, 0.25) is 0 Å². The van der Waals surface area contributed by atoms with Gasteiger partial charge in [-0.2, -0.15) is 0 Å². The summed E-state index contributed by atoms with van der Waals surface area (Å²) in [6, 6.07) is 8.25. The summed E-state index contributed by atoms with van der Waals surface area (Å²) in [6.45, 7) is 15.5. The highest BCUT2D eigenvalue weighted by Gasteiger charge is 2.19. The Hall–Kier alpha value is -2.81. The van der Waals surface area contributed by atoms with Gasteiger partial charge in [0.2, 0.25) is 0 Å². The maximum Gasteiger partial charge on any atom is 0.410 e. The van der Waals surface area contributed by atoms with Crippen LogP contribution in [0.15, 0.2) is 30.3 Å². The molecular formula is C38H65NO16. The summed E-state index contributed by atoms with van der Waals surface area (Å²) in [4.78, 5) is 37.0. The second-order valence-electron chi connectivity index (χ2n) is 12.5. The van der Waals surface area contributed by atoms with E-state index < -0.39 is 17.4 Å². The Morgan fingerprint density at radius 2 is 0.745 bits per heavy atom. The second-order valence-corrected chi connectivity index (χ2v) is 12.5. The lowest BCUT2D eigenvalue weighted by Crippen LogP contribution is -2.36. The van der Waals surface area contributed by atoms with Gasteiger partial charge in [-0.1, -0.05) is 30.3 Å². The summed E-state index contributed by atoms with van der Waals surface area (Å²) in [6.07, 6.45) is -0.371. The molecule has 0 bridgehead atoms. The largest absolute Gasteiger partial charge is 0.457 e. The lowest BCUT2D eigenvalue weighted by Gasteiger charge is -2.24. The van der Waals surface area contributed by atoms with Gasteiger partial charge in [-0.25, -0.2) is 9.59 Å². The quantitative estimate of drug-likeness (QED) is 0.0413. The van der Waals surface area contributed by atoms with Crippen molar-refractivity contribution in [1.29, 1.82) is 0 Å². The number of ketones is 1. The monoisotopic (exact) mass is 791 g/mol. The third-order valence-electron chi connectivity index (χ3n) is 6.68. The molecule has 1 aromatic carbocycles. The van der Waals surface area contributed by atoms with Crippen molar-refractivity contribution in [2.24, 2.45) is 0 Å². The average Bonchev–Trinajstić information content (AvgIpc) is 3.16. The molecule has 17 heteroatoms. The molecule has 0 aliphatic rings. The van der Waals surface area contributed by atoms with Gasteiger partial charge in [0, 0.05) is 19.2 Å². The number of ether oxygens (including phenoxy) is 13. The second kappa shape index (κ2) is 35.6. The smallest absolute Gasteiger partial charge is 0.410 e. The van der Waals surface area contributed by atoms with Crippen molar-refractivity contribution in [3.05, 3.63) is 35.9 Å².